The van der Waals surface area contributed by atoms with Gasteiger partial charge in [-0.3, -0.25) is 4.79 Å². The SMILES string of the molecule is COc1ccc(OC)c(CN2CC(CS(=O)(=O)Cl)CC2=O)c1. The van der Waals surface area contributed by atoms with Gasteiger partial charge < -0.3 is 14.4 Å². The Kier molecular flexibility index (Phi) is 5.18. The molecule has 1 unspecified atom stereocenters. The van der Waals surface area contributed by atoms with E-state index >= 15 is 0 Å². The number of likely N-dealkylation sites (tertiary alicyclic amines) is 1. The van der Waals surface area contributed by atoms with E-state index in [2.05, 4.69) is 0 Å². The standard InChI is InChI=1S/C14H18ClNO5S/c1-20-12-3-4-13(21-2)11(6-12)8-16-7-10(5-14(16)17)9-22(15,18)19/h3-4,6,10H,5,7-9H2,1-2H3. The van der Waals surface area contributed by atoms with Gasteiger partial charge in [-0.2, -0.15) is 0 Å². The second-order valence-electron chi connectivity index (χ2n) is 5.23. The monoisotopic (exact) mass is 347 g/mol. The quantitative estimate of drug-likeness (QED) is 0.731. The molecule has 1 saturated heterocycles. The molecule has 8 heteroatoms. The number of ether oxygens (including phenoxy) is 2. The predicted octanol–water partition coefficient (Wildman–Crippen LogP) is 1.62. The van der Waals surface area contributed by atoms with Crippen LogP contribution in [0, 0.1) is 5.92 Å². The maximum absolute atomic E-state index is 12.0. The number of hydrogen-bond acceptors (Lipinski definition) is 5. The second kappa shape index (κ2) is 6.75. The Labute approximate surface area is 134 Å². The van der Waals surface area contributed by atoms with Gasteiger partial charge in [0.15, 0.2) is 0 Å². The molecule has 1 atom stereocenters. The first kappa shape index (κ1) is 16.9. The number of amides is 1. The third-order valence-corrected chi connectivity index (χ3v) is 4.83. The molecule has 6 nitrogen and oxygen atoms in total. The van der Waals surface area contributed by atoms with Gasteiger partial charge in [0.05, 0.1) is 20.0 Å². The Morgan fingerprint density at radius 1 is 1.32 bits per heavy atom. The smallest absolute Gasteiger partial charge is 0.232 e. The Balaban J connectivity index is 2.12. The maximum Gasteiger partial charge on any atom is 0.232 e. The van der Waals surface area contributed by atoms with E-state index in [-0.39, 0.29) is 24.0 Å². The summed E-state index contributed by atoms with van der Waals surface area (Å²) in [7, 11) is 4.78. The highest BCUT2D eigenvalue weighted by Gasteiger charge is 2.32. The highest BCUT2D eigenvalue weighted by atomic mass is 35.7. The van der Waals surface area contributed by atoms with Crippen LogP contribution in [0.1, 0.15) is 12.0 Å². The van der Waals surface area contributed by atoms with Gasteiger partial charge in [-0.05, 0) is 18.2 Å². The predicted molar refractivity (Wildman–Crippen MR) is 82.7 cm³/mol. The first-order chi connectivity index (χ1) is 10.3. The molecular weight excluding hydrogens is 330 g/mol. The van der Waals surface area contributed by atoms with Crippen LogP contribution in [0.15, 0.2) is 18.2 Å². The molecule has 0 N–H and O–H groups in total. The molecule has 1 aliphatic rings. The van der Waals surface area contributed by atoms with E-state index in [0.717, 1.165) is 5.56 Å². The largest absolute Gasteiger partial charge is 0.497 e. The summed E-state index contributed by atoms with van der Waals surface area (Å²) in [4.78, 5) is 13.7. The maximum atomic E-state index is 12.0. The molecule has 0 radical (unpaired) electrons. The lowest BCUT2D eigenvalue weighted by molar-refractivity contribution is -0.128. The Hall–Kier alpha value is -1.47. The average molecular weight is 348 g/mol. The molecule has 0 bridgehead atoms. The lowest BCUT2D eigenvalue weighted by Gasteiger charge is -2.19. The first-order valence-corrected chi connectivity index (χ1v) is 9.21. The van der Waals surface area contributed by atoms with Crippen LogP contribution in [0.4, 0.5) is 0 Å². The van der Waals surface area contributed by atoms with Crippen LogP contribution in [0.25, 0.3) is 0 Å². The van der Waals surface area contributed by atoms with Gasteiger partial charge in [0.1, 0.15) is 11.5 Å². The van der Waals surface area contributed by atoms with Crippen LogP contribution in [-0.4, -0.2) is 45.7 Å². The van der Waals surface area contributed by atoms with Crippen molar-refractivity contribution in [3.63, 3.8) is 0 Å². The summed E-state index contributed by atoms with van der Waals surface area (Å²) in [6, 6.07) is 5.35. The van der Waals surface area contributed by atoms with Crippen LogP contribution in [0.2, 0.25) is 0 Å². The molecule has 0 aromatic heterocycles. The summed E-state index contributed by atoms with van der Waals surface area (Å²) in [5.74, 6) is 0.776. The molecule has 0 spiro atoms. The molecule has 1 amide bonds. The fraction of sp³-hybridized carbons (Fsp3) is 0.500. The van der Waals surface area contributed by atoms with Crippen molar-refractivity contribution in [1.82, 2.24) is 4.90 Å². The second-order valence-corrected chi connectivity index (χ2v) is 8.05. The summed E-state index contributed by atoms with van der Waals surface area (Å²) in [6.45, 7) is 0.711. The van der Waals surface area contributed by atoms with Crippen molar-refractivity contribution >= 4 is 25.6 Å². The van der Waals surface area contributed by atoms with Crippen LogP contribution in [0.3, 0.4) is 0 Å². The van der Waals surface area contributed by atoms with Gasteiger partial charge in [0.2, 0.25) is 15.0 Å². The van der Waals surface area contributed by atoms with Crippen molar-refractivity contribution in [2.45, 2.75) is 13.0 Å². The van der Waals surface area contributed by atoms with Gasteiger partial charge in [0, 0.05) is 41.7 Å². The van der Waals surface area contributed by atoms with Crippen LogP contribution in [0.5, 0.6) is 11.5 Å². The van der Waals surface area contributed by atoms with E-state index in [4.69, 9.17) is 20.2 Å². The van der Waals surface area contributed by atoms with E-state index < -0.39 is 9.05 Å². The number of carbonyl (C=O) groups excluding carboxylic acids is 1. The molecule has 1 aromatic rings. The van der Waals surface area contributed by atoms with Crippen LogP contribution in [-0.2, 0) is 20.4 Å². The highest BCUT2D eigenvalue weighted by Crippen LogP contribution is 2.28. The van der Waals surface area contributed by atoms with Gasteiger partial charge >= 0.3 is 0 Å². The molecule has 1 aliphatic heterocycles. The zero-order valence-corrected chi connectivity index (χ0v) is 14.0. The fourth-order valence-electron chi connectivity index (χ4n) is 2.61. The van der Waals surface area contributed by atoms with E-state index in [9.17, 15) is 13.2 Å². The minimum absolute atomic E-state index is 0.0878. The van der Waals surface area contributed by atoms with Crippen molar-refractivity contribution in [2.75, 3.05) is 26.5 Å². The summed E-state index contributed by atoms with van der Waals surface area (Å²) >= 11 is 0. The number of halogens is 1. The minimum atomic E-state index is -3.60. The lowest BCUT2D eigenvalue weighted by atomic mass is 10.1. The molecule has 1 fully saturated rings. The van der Waals surface area contributed by atoms with Gasteiger partial charge in [-0.25, -0.2) is 8.42 Å². The fourth-order valence-corrected chi connectivity index (χ4v) is 3.93. The molecule has 22 heavy (non-hydrogen) atoms. The van der Waals surface area contributed by atoms with Gasteiger partial charge in [-0.1, -0.05) is 0 Å². The van der Waals surface area contributed by atoms with E-state index in [1.54, 1.807) is 37.3 Å². The molecule has 0 aliphatic carbocycles. The third-order valence-electron chi connectivity index (χ3n) is 3.58. The topological polar surface area (TPSA) is 72.9 Å². The number of nitrogens with zero attached hydrogens (tertiary/aromatic N) is 1. The van der Waals surface area contributed by atoms with Crippen molar-refractivity contribution in [3.8, 4) is 11.5 Å². The Morgan fingerprint density at radius 3 is 2.64 bits per heavy atom. The molecule has 0 saturated carbocycles. The van der Waals surface area contributed by atoms with Crippen molar-refractivity contribution in [1.29, 1.82) is 0 Å². The van der Waals surface area contributed by atoms with E-state index in [1.165, 1.54) is 0 Å². The van der Waals surface area contributed by atoms with Crippen molar-refractivity contribution in [3.05, 3.63) is 23.8 Å². The van der Waals surface area contributed by atoms with Gasteiger partial charge in [0.25, 0.3) is 0 Å². The number of methoxy groups -OCH3 is 2. The summed E-state index contributed by atoms with van der Waals surface area (Å²) < 4.78 is 32.7. The van der Waals surface area contributed by atoms with E-state index in [0.29, 0.717) is 24.6 Å². The third kappa shape index (κ3) is 4.27. The number of hydrogen-bond donors (Lipinski definition) is 0. The molecule has 1 aromatic carbocycles. The van der Waals surface area contributed by atoms with E-state index in [1.807, 2.05) is 0 Å². The highest BCUT2D eigenvalue weighted by molar-refractivity contribution is 8.13. The van der Waals surface area contributed by atoms with Crippen LogP contribution < -0.4 is 9.47 Å². The lowest BCUT2D eigenvalue weighted by Crippen LogP contribution is -2.25. The van der Waals surface area contributed by atoms with Gasteiger partial charge in [-0.15, -0.1) is 0 Å². The summed E-state index contributed by atoms with van der Waals surface area (Å²) in [5, 5.41) is 0. The minimum Gasteiger partial charge on any atom is -0.497 e. The number of rotatable bonds is 6. The Bertz CT molecular complexity index is 661. The zero-order chi connectivity index (χ0) is 16.3. The number of carbonyl (C=O) groups is 1. The molecule has 2 rings (SSSR count). The van der Waals surface area contributed by atoms with Crippen LogP contribution >= 0.6 is 10.7 Å². The van der Waals surface area contributed by atoms with Crippen molar-refractivity contribution in [2.24, 2.45) is 5.92 Å². The summed E-state index contributed by atoms with van der Waals surface area (Å²) in [6.07, 6.45) is 0.193. The zero-order valence-electron chi connectivity index (χ0n) is 12.4. The molecular formula is C14H18ClNO5S. The number of benzene rings is 1. The Morgan fingerprint density at radius 2 is 2.05 bits per heavy atom. The molecule has 1 heterocycles. The van der Waals surface area contributed by atoms with Crippen molar-refractivity contribution < 1.29 is 22.7 Å². The first-order valence-electron chi connectivity index (χ1n) is 6.73. The summed E-state index contributed by atoms with van der Waals surface area (Å²) in [5.41, 5.74) is 0.810. The molecule has 122 valence electrons. The average Bonchev–Trinajstić information content (AvgIpc) is 2.76. The normalized spacial score (nSPS) is 18.6.